The van der Waals surface area contributed by atoms with Crippen molar-refractivity contribution in [2.45, 2.75) is 31.7 Å². The van der Waals surface area contributed by atoms with E-state index >= 15 is 0 Å². The van der Waals surface area contributed by atoms with Gasteiger partial charge in [-0.15, -0.1) is 0 Å². The second-order valence-electron chi connectivity index (χ2n) is 6.56. The molecule has 5 heteroatoms. The topological polar surface area (TPSA) is 45.2 Å². The summed E-state index contributed by atoms with van der Waals surface area (Å²) in [5.74, 6) is 0.521. The molecule has 2 heterocycles. The molecule has 4 nitrogen and oxygen atoms in total. The van der Waals surface area contributed by atoms with Gasteiger partial charge in [0, 0.05) is 46.8 Å². The molecule has 23 heavy (non-hydrogen) atoms. The molecule has 1 aliphatic carbocycles. The number of aromatic nitrogens is 1. The number of amides is 1. The number of nitrogens with zero attached hydrogens (tertiary/aromatic N) is 2. The maximum absolute atomic E-state index is 12.1. The van der Waals surface area contributed by atoms with Gasteiger partial charge in [-0.25, -0.2) is 0 Å². The lowest BCUT2D eigenvalue weighted by molar-refractivity contribution is -0.127. The minimum atomic E-state index is 0.255. The summed E-state index contributed by atoms with van der Waals surface area (Å²) in [6, 6.07) is 8.51. The normalized spacial score (nSPS) is 21.4. The van der Waals surface area contributed by atoms with E-state index in [1.165, 1.54) is 12.1 Å². The van der Waals surface area contributed by atoms with Crippen molar-refractivity contribution in [3.8, 4) is 0 Å². The van der Waals surface area contributed by atoms with Crippen LogP contribution >= 0.6 is 15.9 Å². The summed E-state index contributed by atoms with van der Waals surface area (Å²) in [4.78, 5) is 18.9. The summed E-state index contributed by atoms with van der Waals surface area (Å²) in [6.45, 7) is 1.85. The number of fused-ring (bicyclic) bond motifs is 1. The highest BCUT2D eigenvalue weighted by molar-refractivity contribution is 9.10. The molecule has 1 aliphatic heterocycles. The zero-order valence-electron chi connectivity index (χ0n) is 13.0. The number of benzene rings is 1. The Bertz CT molecular complexity index is 744. The fraction of sp³-hybridized carbons (Fsp3) is 0.444. The highest BCUT2D eigenvalue weighted by Gasteiger charge is 2.30. The molecule has 2 aliphatic rings. The van der Waals surface area contributed by atoms with Crippen LogP contribution in [0.3, 0.4) is 0 Å². The van der Waals surface area contributed by atoms with Crippen molar-refractivity contribution < 1.29 is 4.79 Å². The predicted molar refractivity (Wildman–Crippen MR) is 95.5 cm³/mol. The summed E-state index contributed by atoms with van der Waals surface area (Å²) >= 11 is 3.55. The van der Waals surface area contributed by atoms with Gasteiger partial charge in [0.25, 0.3) is 0 Å². The van der Waals surface area contributed by atoms with Crippen molar-refractivity contribution in [2.75, 3.05) is 18.0 Å². The van der Waals surface area contributed by atoms with E-state index in [0.29, 0.717) is 0 Å². The van der Waals surface area contributed by atoms with Crippen LogP contribution < -0.4 is 10.2 Å². The standard InChI is InChI=1S/C18H20BrN3O/c19-13-4-5-16-15(10-13)17(6-8-20-16)22-9-7-14(11-22)21-18(23)12-2-1-3-12/h4-6,8,10,12,14H,1-3,7,9,11H2,(H,21,23). The zero-order valence-corrected chi connectivity index (χ0v) is 14.6. The SMILES string of the molecule is O=C(NC1CCN(c2ccnc3ccc(Br)cc23)C1)C1CCC1. The predicted octanol–water partition coefficient (Wildman–Crippen LogP) is 3.49. The van der Waals surface area contributed by atoms with Gasteiger partial charge in [0.05, 0.1) is 5.52 Å². The summed E-state index contributed by atoms with van der Waals surface area (Å²) in [5.41, 5.74) is 2.21. The first-order valence-corrected chi connectivity index (χ1v) is 9.09. The number of pyridine rings is 1. The van der Waals surface area contributed by atoms with Crippen LogP contribution in [0.1, 0.15) is 25.7 Å². The van der Waals surface area contributed by atoms with Gasteiger partial charge in [0.2, 0.25) is 5.91 Å². The molecule has 1 N–H and O–H groups in total. The maximum atomic E-state index is 12.1. The van der Waals surface area contributed by atoms with E-state index in [1.807, 2.05) is 18.3 Å². The largest absolute Gasteiger partial charge is 0.369 e. The first kappa shape index (κ1) is 14.9. The van der Waals surface area contributed by atoms with Gasteiger partial charge < -0.3 is 10.2 Å². The number of carbonyl (C=O) groups excluding carboxylic acids is 1. The summed E-state index contributed by atoms with van der Waals surface area (Å²) < 4.78 is 1.06. The lowest BCUT2D eigenvalue weighted by Crippen LogP contribution is -2.42. The Balaban J connectivity index is 1.51. The molecule has 1 unspecified atom stereocenters. The van der Waals surface area contributed by atoms with Crippen molar-refractivity contribution in [1.82, 2.24) is 10.3 Å². The summed E-state index contributed by atoms with van der Waals surface area (Å²) in [7, 11) is 0. The second-order valence-corrected chi connectivity index (χ2v) is 7.48. The van der Waals surface area contributed by atoms with Crippen LogP contribution in [0.25, 0.3) is 10.9 Å². The third-order valence-corrected chi connectivity index (χ3v) is 5.53. The van der Waals surface area contributed by atoms with Crippen LogP contribution in [0, 0.1) is 5.92 Å². The number of anilines is 1. The molecule has 2 fully saturated rings. The van der Waals surface area contributed by atoms with Crippen molar-refractivity contribution in [2.24, 2.45) is 5.92 Å². The van der Waals surface area contributed by atoms with Crippen LogP contribution in [0.15, 0.2) is 34.9 Å². The van der Waals surface area contributed by atoms with E-state index in [1.54, 1.807) is 0 Å². The van der Waals surface area contributed by atoms with Gasteiger partial charge in [-0.2, -0.15) is 0 Å². The van der Waals surface area contributed by atoms with Gasteiger partial charge in [-0.3, -0.25) is 9.78 Å². The van der Waals surface area contributed by atoms with Crippen molar-refractivity contribution >= 4 is 38.4 Å². The molecule has 4 rings (SSSR count). The van der Waals surface area contributed by atoms with E-state index < -0.39 is 0 Å². The highest BCUT2D eigenvalue weighted by atomic mass is 79.9. The van der Waals surface area contributed by atoms with Gasteiger partial charge in [0.15, 0.2) is 0 Å². The van der Waals surface area contributed by atoms with Crippen LogP contribution in [-0.4, -0.2) is 30.0 Å². The quantitative estimate of drug-likeness (QED) is 0.895. The molecule has 1 amide bonds. The second kappa shape index (κ2) is 6.11. The highest BCUT2D eigenvalue weighted by Crippen LogP contribution is 2.31. The third-order valence-electron chi connectivity index (χ3n) is 5.03. The van der Waals surface area contributed by atoms with Crippen molar-refractivity contribution in [3.05, 3.63) is 34.9 Å². The number of hydrogen-bond acceptors (Lipinski definition) is 3. The Morgan fingerprint density at radius 3 is 2.91 bits per heavy atom. The molecule has 1 aromatic heterocycles. The van der Waals surface area contributed by atoms with Crippen molar-refractivity contribution in [3.63, 3.8) is 0 Å². The van der Waals surface area contributed by atoms with Crippen LogP contribution in [0.2, 0.25) is 0 Å². The molecular formula is C18H20BrN3O. The van der Waals surface area contributed by atoms with E-state index in [2.05, 4.69) is 43.3 Å². The molecule has 0 bridgehead atoms. The van der Waals surface area contributed by atoms with Gasteiger partial charge in [-0.1, -0.05) is 22.4 Å². The zero-order chi connectivity index (χ0) is 15.8. The molecule has 0 spiro atoms. The number of halogens is 1. The first-order chi connectivity index (χ1) is 11.2. The van der Waals surface area contributed by atoms with Crippen LogP contribution in [-0.2, 0) is 4.79 Å². The molecular weight excluding hydrogens is 354 g/mol. The number of nitrogens with one attached hydrogen (secondary N) is 1. The number of carbonyl (C=O) groups is 1. The van der Waals surface area contributed by atoms with Gasteiger partial charge in [0.1, 0.15) is 0 Å². The fourth-order valence-corrected chi connectivity index (χ4v) is 3.83. The average molecular weight is 374 g/mol. The Kier molecular flexibility index (Phi) is 3.97. The Morgan fingerprint density at radius 1 is 1.26 bits per heavy atom. The van der Waals surface area contributed by atoms with Crippen LogP contribution in [0.5, 0.6) is 0 Å². The first-order valence-electron chi connectivity index (χ1n) is 8.30. The van der Waals surface area contributed by atoms with E-state index in [-0.39, 0.29) is 17.9 Å². The third kappa shape index (κ3) is 2.94. The lowest BCUT2D eigenvalue weighted by atomic mass is 9.84. The molecule has 120 valence electrons. The van der Waals surface area contributed by atoms with E-state index in [9.17, 15) is 4.79 Å². The Hall–Kier alpha value is -1.62. The maximum Gasteiger partial charge on any atom is 0.223 e. The molecule has 1 aromatic carbocycles. The summed E-state index contributed by atoms with van der Waals surface area (Å²) in [6.07, 6.45) is 6.20. The van der Waals surface area contributed by atoms with E-state index in [4.69, 9.17) is 0 Å². The Morgan fingerprint density at radius 2 is 2.13 bits per heavy atom. The minimum absolute atomic E-state index is 0.255. The van der Waals surface area contributed by atoms with E-state index in [0.717, 1.165) is 47.7 Å². The smallest absolute Gasteiger partial charge is 0.223 e. The van der Waals surface area contributed by atoms with Gasteiger partial charge in [-0.05, 0) is 43.5 Å². The van der Waals surface area contributed by atoms with Crippen LogP contribution in [0.4, 0.5) is 5.69 Å². The molecule has 1 saturated carbocycles. The molecule has 1 saturated heterocycles. The molecule has 0 radical (unpaired) electrons. The number of hydrogen-bond donors (Lipinski definition) is 1. The fourth-order valence-electron chi connectivity index (χ4n) is 3.47. The lowest BCUT2D eigenvalue weighted by Gasteiger charge is -2.26. The monoisotopic (exact) mass is 373 g/mol. The van der Waals surface area contributed by atoms with Gasteiger partial charge >= 0.3 is 0 Å². The number of rotatable bonds is 3. The molecule has 2 aromatic rings. The Labute approximate surface area is 144 Å². The van der Waals surface area contributed by atoms with Crippen molar-refractivity contribution in [1.29, 1.82) is 0 Å². The molecule has 1 atom stereocenters. The minimum Gasteiger partial charge on any atom is -0.369 e. The average Bonchev–Trinajstić information content (AvgIpc) is 2.93. The summed E-state index contributed by atoms with van der Waals surface area (Å²) in [5, 5.41) is 4.39.